The molecule has 0 unspecified atom stereocenters. The monoisotopic (exact) mass is 506 g/mol. The largest absolute Gasteiger partial charge is 0.329 e. The lowest BCUT2D eigenvalue weighted by atomic mass is 9.81. The molecule has 0 aliphatic carbocycles. The minimum atomic E-state index is -0.959. The number of amides is 2. The van der Waals surface area contributed by atoms with Crippen molar-refractivity contribution >= 4 is 45.4 Å². The van der Waals surface area contributed by atoms with Gasteiger partial charge >= 0.3 is 0 Å². The van der Waals surface area contributed by atoms with Crippen molar-refractivity contribution in [3.05, 3.63) is 92.4 Å². The van der Waals surface area contributed by atoms with Crippen LogP contribution in [0.4, 0.5) is 15.1 Å². The average Bonchev–Trinajstić information content (AvgIpc) is 3.28. The summed E-state index contributed by atoms with van der Waals surface area (Å²) in [7, 11) is 0. The highest BCUT2D eigenvalue weighted by molar-refractivity contribution is 7.16. The molecule has 2 aromatic carbocycles. The summed E-state index contributed by atoms with van der Waals surface area (Å²) < 4.78 is 14.4. The van der Waals surface area contributed by atoms with E-state index in [-0.39, 0.29) is 33.5 Å². The molecule has 1 N–H and O–H groups in total. The van der Waals surface area contributed by atoms with Crippen LogP contribution in [-0.2, 0) is 4.79 Å². The second-order valence-electron chi connectivity index (χ2n) is 8.62. The highest BCUT2D eigenvalue weighted by atomic mass is 35.5. The zero-order chi connectivity index (χ0) is 25.3. The Morgan fingerprint density at radius 3 is 2.71 bits per heavy atom. The Balaban J connectivity index is 1.88. The second kappa shape index (κ2) is 9.87. The lowest BCUT2D eigenvalue weighted by Gasteiger charge is -2.42. The van der Waals surface area contributed by atoms with E-state index >= 15 is 0 Å². The molecular weight excluding hydrogens is 487 g/mol. The number of fused-ring (bicyclic) bond motifs is 1. The minimum Gasteiger partial charge on any atom is -0.329 e. The Morgan fingerprint density at radius 2 is 2.06 bits per heavy atom. The van der Waals surface area contributed by atoms with Crippen LogP contribution in [0, 0.1) is 29.6 Å². The normalized spacial score (nSPS) is 17.0. The van der Waals surface area contributed by atoms with E-state index in [0.717, 1.165) is 0 Å². The molecule has 2 atom stereocenters. The van der Waals surface area contributed by atoms with Crippen LogP contribution < -0.4 is 5.32 Å². The predicted molar refractivity (Wildman–Crippen MR) is 133 cm³/mol. The van der Waals surface area contributed by atoms with Crippen molar-refractivity contribution in [1.82, 2.24) is 4.90 Å². The van der Waals surface area contributed by atoms with Gasteiger partial charge in [0.1, 0.15) is 5.82 Å². The summed E-state index contributed by atoms with van der Waals surface area (Å²) in [6.45, 7) is 11.6. The maximum atomic E-state index is 14.4. The molecule has 1 aliphatic rings. The van der Waals surface area contributed by atoms with Crippen LogP contribution in [-0.4, -0.2) is 23.3 Å². The molecular formula is C26H20ClFN4O2S. The number of carbonyl (C=O) groups excluding carboxylic acids is 2. The molecule has 0 saturated heterocycles. The third-order valence-electron chi connectivity index (χ3n) is 5.64. The van der Waals surface area contributed by atoms with Gasteiger partial charge in [0.2, 0.25) is 10.9 Å². The van der Waals surface area contributed by atoms with E-state index in [4.69, 9.17) is 18.2 Å². The van der Waals surface area contributed by atoms with Crippen LogP contribution in [0.3, 0.4) is 0 Å². The number of nitrogens with one attached hydrogen (secondary N) is 1. The first-order chi connectivity index (χ1) is 16.7. The smallest absolute Gasteiger partial charge is 0.254 e. The summed E-state index contributed by atoms with van der Waals surface area (Å²) in [5.74, 6) is -2.20. The average molecular weight is 507 g/mol. The highest BCUT2D eigenvalue weighted by Gasteiger charge is 2.45. The molecule has 35 heavy (non-hydrogen) atoms. The molecule has 0 spiro atoms. The van der Waals surface area contributed by atoms with Crippen LogP contribution in [0.1, 0.15) is 52.2 Å². The fourth-order valence-corrected chi connectivity index (χ4v) is 5.50. The number of nitriles is 1. The Labute approximate surface area is 211 Å². The van der Waals surface area contributed by atoms with E-state index in [9.17, 15) is 19.2 Å². The molecule has 0 bridgehead atoms. The summed E-state index contributed by atoms with van der Waals surface area (Å²) in [4.78, 5) is 33.1. The maximum absolute atomic E-state index is 14.4. The molecule has 0 saturated carbocycles. The van der Waals surface area contributed by atoms with E-state index in [2.05, 4.69) is 10.2 Å². The molecule has 9 heteroatoms. The number of nitrogens with zero attached hydrogens (tertiary/aromatic N) is 3. The third kappa shape index (κ3) is 4.90. The lowest BCUT2D eigenvalue weighted by Crippen LogP contribution is -2.47. The van der Waals surface area contributed by atoms with Crippen LogP contribution >= 0.6 is 22.9 Å². The number of anilines is 1. The molecule has 176 valence electrons. The Morgan fingerprint density at radius 1 is 1.29 bits per heavy atom. The van der Waals surface area contributed by atoms with Gasteiger partial charge in [0.25, 0.3) is 5.91 Å². The number of halogens is 2. The molecule has 0 radical (unpaired) electrons. The number of benzene rings is 2. The third-order valence-corrected chi connectivity index (χ3v) is 6.91. The molecule has 3 aromatic rings. The van der Waals surface area contributed by atoms with Gasteiger partial charge in [-0.15, -0.1) is 0 Å². The molecule has 6 nitrogen and oxygen atoms in total. The standard InChI is InChI=1S/C26H20ClFN4O2S/c1-14(2)13-32-24(21-6-7-22(30-3)35-21)23(20-11-17(28)4-5-19(20)26(32)34)25(33)31-18-9-15(12-29)8-16(27)10-18/h4-11,14,23-24H,13H2,1-2H3,(H,31,33)/t23-,24+/m1/s1. The van der Waals surface area contributed by atoms with Crippen LogP contribution in [0.15, 0.2) is 48.5 Å². The van der Waals surface area contributed by atoms with Crippen molar-refractivity contribution in [2.75, 3.05) is 11.9 Å². The van der Waals surface area contributed by atoms with Crippen molar-refractivity contribution in [3.63, 3.8) is 0 Å². The topological polar surface area (TPSA) is 77.6 Å². The number of rotatable bonds is 5. The van der Waals surface area contributed by atoms with E-state index in [1.165, 1.54) is 47.7 Å². The number of carbonyl (C=O) groups is 2. The lowest BCUT2D eigenvalue weighted by molar-refractivity contribution is -0.119. The summed E-state index contributed by atoms with van der Waals surface area (Å²) in [6.07, 6.45) is 0. The predicted octanol–water partition coefficient (Wildman–Crippen LogP) is 6.54. The van der Waals surface area contributed by atoms with E-state index in [0.29, 0.717) is 22.1 Å². The number of thiophene rings is 1. The number of hydrogen-bond acceptors (Lipinski definition) is 4. The second-order valence-corrected chi connectivity index (χ2v) is 10.2. The summed E-state index contributed by atoms with van der Waals surface area (Å²) in [5.41, 5.74) is 1.12. The van der Waals surface area contributed by atoms with Crippen molar-refractivity contribution in [1.29, 1.82) is 5.26 Å². The highest BCUT2D eigenvalue weighted by Crippen LogP contribution is 2.47. The van der Waals surface area contributed by atoms with Gasteiger partial charge in [0.15, 0.2) is 0 Å². The fraction of sp³-hybridized carbons (Fsp3) is 0.231. The van der Waals surface area contributed by atoms with Gasteiger partial charge in [-0.25, -0.2) is 9.24 Å². The minimum absolute atomic E-state index is 0.0959. The first-order valence-corrected chi connectivity index (χ1v) is 12.0. The van der Waals surface area contributed by atoms with Gasteiger partial charge in [-0.05, 0) is 53.9 Å². The van der Waals surface area contributed by atoms with E-state index < -0.39 is 23.7 Å². The van der Waals surface area contributed by atoms with Crippen molar-refractivity contribution in [2.45, 2.75) is 25.8 Å². The Hall–Kier alpha value is -3.72. The van der Waals surface area contributed by atoms with Crippen LogP contribution in [0.2, 0.25) is 5.02 Å². The SMILES string of the molecule is [C-]#[N+]c1ccc([C@H]2[C@H](C(=O)Nc3cc(Cl)cc(C#N)c3)c3cc(F)ccc3C(=O)N2CC(C)C)s1. The van der Waals surface area contributed by atoms with Gasteiger partial charge < -0.3 is 10.2 Å². The zero-order valence-corrected chi connectivity index (χ0v) is 20.5. The number of hydrogen-bond donors (Lipinski definition) is 1. The van der Waals surface area contributed by atoms with E-state index in [1.54, 1.807) is 17.0 Å². The molecule has 4 rings (SSSR count). The Kier molecular flexibility index (Phi) is 6.88. The zero-order valence-electron chi connectivity index (χ0n) is 18.9. The van der Waals surface area contributed by atoms with E-state index in [1.807, 2.05) is 19.9 Å². The van der Waals surface area contributed by atoms with Crippen LogP contribution in [0.25, 0.3) is 4.85 Å². The van der Waals surface area contributed by atoms with Gasteiger partial charge in [-0.1, -0.05) is 31.5 Å². The molecule has 1 aromatic heterocycles. The quantitative estimate of drug-likeness (QED) is 0.399. The molecule has 1 aliphatic heterocycles. The first-order valence-electron chi connectivity index (χ1n) is 10.8. The van der Waals surface area contributed by atoms with Gasteiger partial charge in [-0.3, -0.25) is 9.59 Å². The maximum Gasteiger partial charge on any atom is 0.254 e. The van der Waals surface area contributed by atoms with Gasteiger partial charge in [0, 0.05) is 27.7 Å². The van der Waals surface area contributed by atoms with Crippen LogP contribution in [0.5, 0.6) is 0 Å². The summed E-state index contributed by atoms with van der Waals surface area (Å²) in [5, 5.41) is 12.8. The Bertz CT molecular complexity index is 1410. The summed E-state index contributed by atoms with van der Waals surface area (Å²) in [6, 6.07) is 13.0. The molecule has 0 fully saturated rings. The van der Waals surface area contributed by atoms with Gasteiger partial charge in [-0.2, -0.15) is 16.6 Å². The van der Waals surface area contributed by atoms with Crippen molar-refractivity contribution in [2.24, 2.45) is 5.92 Å². The van der Waals surface area contributed by atoms with Gasteiger partial charge in [0.05, 0.1) is 30.2 Å². The first kappa shape index (κ1) is 24.4. The van der Waals surface area contributed by atoms with Crippen molar-refractivity contribution < 1.29 is 14.0 Å². The van der Waals surface area contributed by atoms with Crippen molar-refractivity contribution in [3.8, 4) is 6.07 Å². The molecule has 2 amide bonds. The fourth-order valence-electron chi connectivity index (χ4n) is 4.32. The summed E-state index contributed by atoms with van der Waals surface area (Å²) >= 11 is 7.31. The molecule has 2 heterocycles.